The first-order valence-corrected chi connectivity index (χ1v) is 9.04. The first kappa shape index (κ1) is 22.4. The molecule has 0 saturated carbocycles. The van der Waals surface area contributed by atoms with E-state index in [1.165, 1.54) is 18.7 Å². The summed E-state index contributed by atoms with van der Waals surface area (Å²) >= 11 is 0. The van der Waals surface area contributed by atoms with Crippen molar-refractivity contribution in [2.24, 2.45) is 0 Å². The highest BCUT2D eigenvalue weighted by atomic mass is 19.1. The van der Waals surface area contributed by atoms with Gasteiger partial charge in [-0.15, -0.1) is 0 Å². The van der Waals surface area contributed by atoms with E-state index >= 15 is 0 Å². The van der Waals surface area contributed by atoms with E-state index < -0.39 is 5.82 Å². The molecule has 0 fully saturated rings. The number of carbonyl (C=O) groups is 2. The molecule has 0 bridgehead atoms. The van der Waals surface area contributed by atoms with Gasteiger partial charge in [-0.1, -0.05) is 45.9 Å². The number of amides is 2. The van der Waals surface area contributed by atoms with Crippen LogP contribution in [0.2, 0.25) is 0 Å². The maximum Gasteiger partial charge on any atom is 0.254 e. The van der Waals surface area contributed by atoms with E-state index in [0.29, 0.717) is 11.8 Å². The Hall–Kier alpha value is -2.69. The molecule has 27 heavy (non-hydrogen) atoms. The summed E-state index contributed by atoms with van der Waals surface area (Å²) in [5.74, 6) is -0.134. The molecule has 2 N–H and O–H groups in total. The van der Waals surface area contributed by atoms with Crippen molar-refractivity contribution in [3.8, 4) is 0 Å². The first-order valence-electron chi connectivity index (χ1n) is 9.04. The minimum absolute atomic E-state index is 0.0255. The number of hydrogen-bond acceptors (Lipinski definition) is 2. The second kappa shape index (κ2) is 10.5. The van der Waals surface area contributed by atoms with Crippen molar-refractivity contribution in [3.05, 3.63) is 70.5 Å². The third-order valence-electron chi connectivity index (χ3n) is 4.17. The molecular formula is C22H29FN2O2. The lowest BCUT2D eigenvalue weighted by Crippen LogP contribution is -2.19. The van der Waals surface area contributed by atoms with E-state index in [4.69, 9.17) is 0 Å². The highest BCUT2D eigenvalue weighted by molar-refractivity contribution is 5.94. The second-order valence-electron chi connectivity index (χ2n) is 6.83. The highest BCUT2D eigenvalue weighted by Gasteiger charge is 2.11. The standard InChI is InChI=1S/C11H14FNO.C11H15NO/c1-7(2)8-4-5-10(12)9(6-8)11(14)13-3;1-8(2)9-5-4-6-10(7-9)11(13)12-3/h4-7H,1-3H3,(H,13,14);4-8H,1-3H3,(H,12,13). The predicted octanol–water partition coefficient (Wildman–Crippen LogP) is 4.48. The van der Waals surface area contributed by atoms with Gasteiger partial charge in [0.25, 0.3) is 11.8 Å². The summed E-state index contributed by atoms with van der Waals surface area (Å²) in [5.41, 5.74) is 3.00. The van der Waals surface area contributed by atoms with Gasteiger partial charge in [-0.05, 0) is 47.2 Å². The number of halogens is 1. The maximum absolute atomic E-state index is 13.2. The summed E-state index contributed by atoms with van der Waals surface area (Å²) < 4.78 is 13.2. The van der Waals surface area contributed by atoms with E-state index in [-0.39, 0.29) is 17.4 Å². The molecule has 0 unspecified atom stereocenters. The minimum Gasteiger partial charge on any atom is -0.355 e. The van der Waals surface area contributed by atoms with Crippen LogP contribution in [0.1, 0.15) is 71.4 Å². The molecule has 0 saturated heterocycles. The molecular weight excluding hydrogens is 343 g/mol. The van der Waals surface area contributed by atoms with Gasteiger partial charge in [0.1, 0.15) is 5.82 Å². The Labute approximate surface area is 161 Å². The van der Waals surface area contributed by atoms with Crippen molar-refractivity contribution in [2.45, 2.75) is 39.5 Å². The SMILES string of the molecule is CNC(=O)c1cc(C(C)C)ccc1F.CNC(=O)c1cccc(C(C)C)c1. The molecule has 2 rings (SSSR count). The van der Waals surface area contributed by atoms with Crippen molar-refractivity contribution in [3.63, 3.8) is 0 Å². The lowest BCUT2D eigenvalue weighted by atomic mass is 10.0. The Kier molecular flexibility index (Phi) is 8.66. The number of nitrogens with one attached hydrogen (secondary N) is 2. The van der Waals surface area contributed by atoms with Crippen LogP contribution in [-0.4, -0.2) is 25.9 Å². The molecule has 0 aromatic heterocycles. The van der Waals surface area contributed by atoms with Gasteiger partial charge >= 0.3 is 0 Å². The quantitative estimate of drug-likeness (QED) is 0.831. The molecule has 0 aliphatic heterocycles. The van der Waals surface area contributed by atoms with Crippen molar-refractivity contribution in [2.75, 3.05) is 14.1 Å². The molecule has 5 heteroatoms. The van der Waals surface area contributed by atoms with Gasteiger partial charge < -0.3 is 10.6 Å². The van der Waals surface area contributed by atoms with Gasteiger partial charge in [0.15, 0.2) is 0 Å². The average molecular weight is 372 g/mol. The number of carbonyl (C=O) groups excluding carboxylic acids is 2. The second-order valence-corrected chi connectivity index (χ2v) is 6.83. The first-order chi connectivity index (χ1) is 12.7. The smallest absolute Gasteiger partial charge is 0.254 e. The lowest BCUT2D eigenvalue weighted by molar-refractivity contribution is 0.0952. The normalized spacial score (nSPS) is 10.3. The molecule has 0 atom stereocenters. The molecule has 146 valence electrons. The summed E-state index contributed by atoms with van der Waals surface area (Å²) in [6.07, 6.45) is 0. The third-order valence-corrected chi connectivity index (χ3v) is 4.17. The van der Waals surface area contributed by atoms with Crippen LogP contribution in [0.5, 0.6) is 0 Å². The molecule has 4 nitrogen and oxygen atoms in total. The molecule has 0 aliphatic rings. The average Bonchev–Trinajstić information content (AvgIpc) is 2.67. The number of rotatable bonds is 4. The van der Waals surface area contributed by atoms with Crippen LogP contribution in [0.25, 0.3) is 0 Å². The Morgan fingerprint density at radius 2 is 1.37 bits per heavy atom. The van der Waals surface area contributed by atoms with Gasteiger partial charge in [0.05, 0.1) is 5.56 Å². The molecule has 0 radical (unpaired) electrons. The van der Waals surface area contributed by atoms with Gasteiger partial charge in [-0.2, -0.15) is 0 Å². The Morgan fingerprint density at radius 1 is 0.815 bits per heavy atom. The maximum atomic E-state index is 13.2. The van der Waals surface area contributed by atoms with Crippen LogP contribution in [-0.2, 0) is 0 Å². The predicted molar refractivity (Wildman–Crippen MR) is 108 cm³/mol. The Morgan fingerprint density at radius 3 is 1.89 bits per heavy atom. The number of benzene rings is 2. The fraction of sp³-hybridized carbons (Fsp3) is 0.364. The Balaban J connectivity index is 0.000000271. The van der Waals surface area contributed by atoms with Crippen LogP contribution in [0, 0.1) is 5.82 Å². The monoisotopic (exact) mass is 372 g/mol. The largest absolute Gasteiger partial charge is 0.355 e. The highest BCUT2D eigenvalue weighted by Crippen LogP contribution is 2.18. The summed E-state index contributed by atoms with van der Waals surface area (Å²) in [5, 5.41) is 5.02. The van der Waals surface area contributed by atoms with Crippen LogP contribution in [0.4, 0.5) is 4.39 Å². The van der Waals surface area contributed by atoms with E-state index in [0.717, 1.165) is 11.1 Å². The fourth-order valence-corrected chi connectivity index (χ4v) is 2.39. The van der Waals surface area contributed by atoms with Gasteiger partial charge in [0.2, 0.25) is 0 Å². The van der Waals surface area contributed by atoms with E-state index in [2.05, 4.69) is 24.5 Å². The van der Waals surface area contributed by atoms with Crippen molar-refractivity contribution >= 4 is 11.8 Å². The Bertz CT molecular complexity index is 786. The molecule has 2 aromatic carbocycles. The van der Waals surface area contributed by atoms with Crippen LogP contribution >= 0.6 is 0 Å². The molecule has 2 amide bonds. The zero-order valence-corrected chi connectivity index (χ0v) is 16.9. The van der Waals surface area contributed by atoms with Gasteiger partial charge in [-0.3, -0.25) is 9.59 Å². The summed E-state index contributed by atoms with van der Waals surface area (Å²) in [7, 11) is 3.13. The fourth-order valence-electron chi connectivity index (χ4n) is 2.39. The molecule has 0 spiro atoms. The summed E-state index contributed by atoms with van der Waals surface area (Å²) in [4.78, 5) is 22.5. The summed E-state index contributed by atoms with van der Waals surface area (Å²) in [6, 6.07) is 12.3. The molecule has 2 aromatic rings. The van der Waals surface area contributed by atoms with Crippen molar-refractivity contribution < 1.29 is 14.0 Å². The summed E-state index contributed by atoms with van der Waals surface area (Å²) in [6.45, 7) is 8.23. The minimum atomic E-state index is -0.478. The van der Waals surface area contributed by atoms with Crippen molar-refractivity contribution in [1.29, 1.82) is 0 Å². The molecule has 0 heterocycles. The zero-order valence-electron chi connectivity index (χ0n) is 16.9. The van der Waals surface area contributed by atoms with Gasteiger partial charge in [0, 0.05) is 19.7 Å². The van der Waals surface area contributed by atoms with E-state index in [9.17, 15) is 14.0 Å². The zero-order chi connectivity index (χ0) is 20.6. The van der Waals surface area contributed by atoms with E-state index in [1.54, 1.807) is 19.2 Å². The van der Waals surface area contributed by atoms with Gasteiger partial charge in [-0.25, -0.2) is 4.39 Å². The van der Waals surface area contributed by atoms with Crippen LogP contribution in [0.15, 0.2) is 42.5 Å². The topological polar surface area (TPSA) is 58.2 Å². The third kappa shape index (κ3) is 6.51. The van der Waals surface area contributed by atoms with Crippen LogP contribution in [0.3, 0.4) is 0 Å². The lowest BCUT2D eigenvalue weighted by Gasteiger charge is -2.08. The van der Waals surface area contributed by atoms with Crippen molar-refractivity contribution in [1.82, 2.24) is 10.6 Å². The van der Waals surface area contributed by atoms with Crippen LogP contribution < -0.4 is 10.6 Å². The molecule has 0 aliphatic carbocycles. The van der Waals surface area contributed by atoms with E-state index in [1.807, 2.05) is 38.1 Å². The number of hydrogen-bond donors (Lipinski definition) is 2.